The number of nitrogens with one attached hydrogen (secondary N) is 1. The number of hydrogen-bond donors (Lipinski definition) is 1. The molecule has 2 fully saturated rings. The molecule has 142 valence electrons. The van der Waals surface area contributed by atoms with Gasteiger partial charge in [-0.2, -0.15) is 0 Å². The van der Waals surface area contributed by atoms with Gasteiger partial charge in [0.05, 0.1) is 5.60 Å². The first-order valence-corrected chi connectivity index (χ1v) is 9.42. The number of piperidine rings is 1. The molecule has 0 aromatic heterocycles. The summed E-state index contributed by atoms with van der Waals surface area (Å²) < 4.78 is 6.14. The highest BCUT2D eigenvalue weighted by atomic mass is 16.5. The molecule has 1 unspecified atom stereocenters. The molecule has 1 aromatic rings. The Hall–Kier alpha value is -2.08. The van der Waals surface area contributed by atoms with Gasteiger partial charge in [-0.1, -0.05) is 18.2 Å². The van der Waals surface area contributed by atoms with Crippen LogP contribution >= 0.6 is 0 Å². The van der Waals surface area contributed by atoms with Crippen LogP contribution in [0.4, 0.5) is 10.5 Å². The second-order valence-electron chi connectivity index (χ2n) is 7.67. The zero-order chi connectivity index (χ0) is 18.6. The van der Waals surface area contributed by atoms with Crippen LogP contribution in [-0.4, -0.2) is 61.1 Å². The lowest BCUT2D eigenvalue weighted by molar-refractivity contribution is -0.138. The average molecular weight is 359 g/mol. The molecule has 1 atom stereocenters. The Kier molecular flexibility index (Phi) is 5.81. The Balaban J connectivity index is 1.52. The minimum Gasteiger partial charge on any atom is -0.375 e. The van der Waals surface area contributed by atoms with Crippen LogP contribution in [0.2, 0.25) is 0 Å². The van der Waals surface area contributed by atoms with Crippen molar-refractivity contribution >= 4 is 17.6 Å². The molecular weight excluding hydrogens is 330 g/mol. The lowest BCUT2D eigenvalue weighted by Crippen LogP contribution is -2.51. The highest BCUT2D eigenvalue weighted by Crippen LogP contribution is 2.39. The number of benzene rings is 1. The molecular formula is C20H29N3O3. The van der Waals surface area contributed by atoms with Gasteiger partial charge in [-0.25, -0.2) is 4.79 Å². The molecule has 0 radical (unpaired) electrons. The van der Waals surface area contributed by atoms with E-state index in [2.05, 4.69) is 5.32 Å². The number of urea groups is 1. The van der Waals surface area contributed by atoms with Gasteiger partial charge in [0.25, 0.3) is 0 Å². The van der Waals surface area contributed by atoms with Crippen LogP contribution in [0.5, 0.6) is 0 Å². The number of anilines is 1. The summed E-state index contributed by atoms with van der Waals surface area (Å²) in [6, 6.07) is 9.47. The molecule has 0 saturated carbocycles. The number of nitrogens with zero attached hydrogens (tertiary/aromatic N) is 2. The van der Waals surface area contributed by atoms with E-state index in [1.165, 1.54) is 0 Å². The molecule has 3 amide bonds. The Labute approximate surface area is 155 Å². The van der Waals surface area contributed by atoms with Gasteiger partial charge < -0.3 is 19.9 Å². The standard InChI is InChI=1S/C20H29N3O3/c1-22(2)18(24)14-16-8-13-26-20(15-16)9-11-23(12-10-20)19(25)21-17-6-4-3-5-7-17/h3-7,16H,8-15H2,1-2H3,(H,21,25). The van der Waals surface area contributed by atoms with Crippen LogP contribution < -0.4 is 5.32 Å². The van der Waals surface area contributed by atoms with Crippen molar-refractivity contribution in [2.24, 2.45) is 5.92 Å². The summed E-state index contributed by atoms with van der Waals surface area (Å²) in [4.78, 5) is 28.0. The predicted octanol–water partition coefficient (Wildman–Crippen LogP) is 2.96. The maximum atomic E-state index is 12.4. The molecule has 0 bridgehead atoms. The van der Waals surface area contributed by atoms with Gasteiger partial charge in [0.15, 0.2) is 0 Å². The lowest BCUT2D eigenvalue weighted by atomic mass is 9.78. The fraction of sp³-hybridized carbons (Fsp3) is 0.600. The number of carbonyl (C=O) groups is 2. The molecule has 1 aromatic carbocycles. The van der Waals surface area contributed by atoms with Crippen molar-refractivity contribution in [2.45, 2.75) is 37.7 Å². The number of carbonyl (C=O) groups excluding carboxylic acids is 2. The Morgan fingerprint density at radius 3 is 2.58 bits per heavy atom. The topological polar surface area (TPSA) is 61.9 Å². The van der Waals surface area contributed by atoms with Crippen LogP contribution in [0.3, 0.4) is 0 Å². The molecule has 2 aliphatic heterocycles. The van der Waals surface area contributed by atoms with E-state index in [1.807, 2.05) is 35.2 Å². The molecule has 1 N–H and O–H groups in total. The number of amides is 3. The van der Waals surface area contributed by atoms with E-state index in [0.717, 1.165) is 31.4 Å². The van der Waals surface area contributed by atoms with Crippen molar-refractivity contribution in [1.29, 1.82) is 0 Å². The normalized spacial score (nSPS) is 22.1. The highest BCUT2D eigenvalue weighted by molar-refractivity contribution is 5.89. The van der Waals surface area contributed by atoms with Gasteiger partial charge in [-0.05, 0) is 43.7 Å². The molecule has 0 aliphatic carbocycles. The van der Waals surface area contributed by atoms with Crippen molar-refractivity contribution in [2.75, 3.05) is 39.1 Å². The summed E-state index contributed by atoms with van der Waals surface area (Å²) in [5, 5.41) is 2.95. The molecule has 2 aliphatic rings. The van der Waals surface area contributed by atoms with Gasteiger partial charge in [0, 0.05) is 45.9 Å². The molecule has 6 nitrogen and oxygen atoms in total. The van der Waals surface area contributed by atoms with Gasteiger partial charge >= 0.3 is 6.03 Å². The van der Waals surface area contributed by atoms with E-state index >= 15 is 0 Å². The minimum atomic E-state index is -0.168. The smallest absolute Gasteiger partial charge is 0.321 e. The Bertz CT molecular complexity index is 624. The fourth-order valence-electron chi connectivity index (χ4n) is 3.92. The Morgan fingerprint density at radius 2 is 1.92 bits per heavy atom. The monoisotopic (exact) mass is 359 g/mol. The van der Waals surface area contributed by atoms with E-state index in [0.29, 0.717) is 32.0 Å². The highest BCUT2D eigenvalue weighted by Gasteiger charge is 2.41. The summed E-state index contributed by atoms with van der Waals surface area (Å²) in [6.45, 7) is 2.08. The molecule has 1 spiro atoms. The van der Waals surface area contributed by atoms with Gasteiger partial charge in [-0.3, -0.25) is 4.79 Å². The molecule has 3 rings (SSSR count). The Morgan fingerprint density at radius 1 is 1.23 bits per heavy atom. The van der Waals surface area contributed by atoms with E-state index in [4.69, 9.17) is 4.74 Å². The zero-order valence-corrected chi connectivity index (χ0v) is 15.7. The predicted molar refractivity (Wildman–Crippen MR) is 101 cm³/mol. The number of rotatable bonds is 3. The third kappa shape index (κ3) is 4.55. The second kappa shape index (κ2) is 8.08. The van der Waals surface area contributed by atoms with Crippen molar-refractivity contribution in [3.8, 4) is 0 Å². The third-order valence-corrected chi connectivity index (χ3v) is 5.54. The summed E-state index contributed by atoms with van der Waals surface area (Å²) in [5.41, 5.74) is 0.646. The largest absolute Gasteiger partial charge is 0.375 e. The zero-order valence-electron chi connectivity index (χ0n) is 15.7. The van der Waals surface area contributed by atoms with Crippen LogP contribution in [0.25, 0.3) is 0 Å². The lowest BCUT2D eigenvalue weighted by Gasteiger charge is -2.46. The van der Waals surface area contributed by atoms with Gasteiger partial charge in [-0.15, -0.1) is 0 Å². The number of hydrogen-bond acceptors (Lipinski definition) is 3. The van der Waals surface area contributed by atoms with E-state index in [-0.39, 0.29) is 17.5 Å². The average Bonchev–Trinajstić information content (AvgIpc) is 2.63. The fourth-order valence-corrected chi connectivity index (χ4v) is 3.92. The maximum absolute atomic E-state index is 12.4. The molecule has 6 heteroatoms. The van der Waals surface area contributed by atoms with Crippen LogP contribution in [0.15, 0.2) is 30.3 Å². The van der Waals surface area contributed by atoms with E-state index < -0.39 is 0 Å². The molecule has 2 saturated heterocycles. The van der Waals surface area contributed by atoms with Crippen molar-refractivity contribution in [3.63, 3.8) is 0 Å². The summed E-state index contributed by atoms with van der Waals surface area (Å²) >= 11 is 0. The second-order valence-corrected chi connectivity index (χ2v) is 7.67. The number of para-hydroxylation sites is 1. The number of ether oxygens (including phenoxy) is 1. The summed E-state index contributed by atoms with van der Waals surface area (Å²) in [5.74, 6) is 0.565. The first-order valence-electron chi connectivity index (χ1n) is 9.42. The van der Waals surface area contributed by atoms with Crippen molar-refractivity contribution < 1.29 is 14.3 Å². The first kappa shape index (κ1) is 18.7. The first-order chi connectivity index (χ1) is 12.5. The van der Waals surface area contributed by atoms with E-state index in [1.54, 1.807) is 19.0 Å². The van der Waals surface area contributed by atoms with Gasteiger partial charge in [0.2, 0.25) is 5.91 Å². The van der Waals surface area contributed by atoms with Crippen molar-refractivity contribution in [1.82, 2.24) is 9.80 Å². The minimum absolute atomic E-state index is 0.0544. The van der Waals surface area contributed by atoms with Crippen LogP contribution in [-0.2, 0) is 9.53 Å². The summed E-state index contributed by atoms with van der Waals surface area (Å²) in [6.07, 6.45) is 4.13. The van der Waals surface area contributed by atoms with Crippen molar-refractivity contribution in [3.05, 3.63) is 30.3 Å². The third-order valence-electron chi connectivity index (χ3n) is 5.54. The quantitative estimate of drug-likeness (QED) is 0.902. The SMILES string of the molecule is CN(C)C(=O)CC1CCOC2(CCN(C(=O)Nc3ccccc3)CC2)C1. The molecule has 2 heterocycles. The maximum Gasteiger partial charge on any atom is 0.321 e. The van der Waals surface area contributed by atoms with E-state index in [9.17, 15) is 9.59 Å². The van der Waals surface area contributed by atoms with Crippen LogP contribution in [0, 0.1) is 5.92 Å². The number of likely N-dealkylation sites (tertiary alicyclic amines) is 1. The molecule has 26 heavy (non-hydrogen) atoms. The summed E-state index contributed by atoms with van der Waals surface area (Å²) in [7, 11) is 3.61. The van der Waals surface area contributed by atoms with Gasteiger partial charge in [0.1, 0.15) is 0 Å². The van der Waals surface area contributed by atoms with Crippen LogP contribution in [0.1, 0.15) is 32.1 Å².